The lowest BCUT2D eigenvalue weighted by atomic mass is 10.1. The summed E-state index contributed by atoms with van der Waals surface area (Å²) >= 11 is 9.36. The number of anilines is 2. The van der Waals surface area contributed by atoms with E-state index in [1.807, 2.05) is 24.3 Å². The van der Waals surface area contributed by atoms with Crippen LogP contribution in [-0.2, 0) is 16.1 Å². The SMILES string of the molecule is O=C(CCC1C(=O)N(c2ccc(Cl)cc2)C(=O)N1Cc1ccc(Br)cc1)Nc1ccccc1C(=O)NO. The van der Waals surface area contributed by atoms with Gasteiger partial charge in [-0.15, -0.1) is 0 Å². The zero-order valence-corrected chi connectivity index (χ0v) is 21.7. The van der Waals surface area contributed by atoms with Crippen molar-refractivity contribution in [1.82, 2.24) is 10.4 Å². The van der Waals surface area contributed by atoms with E-state index < -0.39 is 29.8 Å². The number of hydrogen-bond donors (Lipinski definition) is 3. The van der Waals surface area contributed by atoms with E-state index >= 15 is 0 Å². The second kappa shape index (κ2) is 11.5. The summed E-state index contributed by atoms with van der Waals surface area (Å²) in [5.74, 6) is -1.67. The number of halogens is 2. The molecule has 37 heavy (non-hydrogen) atoms. The minimum Gasteiger partial charge on any atom is -0.325 e. The third-order valence-corrected chi connectivity index (χ3v) is 6.64. The lowest BCUT2D eigenvalue weighted by Crippen LogP contribution is -2.35. The average molecular weight is 586 g/mol. The van der Waals surface area contributed by atoms with Gasteiger partial charge in [-0.2, -0.15) is 0 Å². The lowest BCUT2D eigenvalue weighted by molar-refractivity contribution is -0.120. The number of imide groups is 1. The normalized spacial score (nSPS) is 15.2. The van der Waals surface area contributed by atoms with Crippen molar-refractivity contribution >= 4 is 62.7 Å². The van der Waals surface area contributed by atoms with Crippen molar-refractivity contribution in [3.63, 3.8) is 0 Å². The van der Waals surface area contributed by atoms with E-state index in [-0.39, 0.29) is 30.6 Å². The molecule has 1 unspecified atom stereocenters. The Morgan fingerprint density at radius 1 is 0.973 bits per heavy atom. The Labute approximate surface area is 226 Å². The Balaban J connectivity index is 1.54. The van der Waals surface area contributed by atoms with Gasteiger partial charge in [-0.05, 0) is 60.5 Å². The third kappa shape index (κ3) is 5.99. The van der Waals surface area contributed by atoms with Crippen LogP contribution in [0, 0.1) is 0 Å². The Morgan fingerprint density at radius 2 is 1.65 bits per heavy atom. The molecule has 11 heteroatoms. The quantitative estimate of drug-likeness (QED) is 0.196. The molecule has 1 aliphatic heterocycles. The van der Waals surface area contributed by atoms with E-state index in [9.17, 15) is 19.2 Å². The molecule has 4 rings (SSSR count). The molecule has 9 nitrogen and oxygen atoms in total. The first-order valence-corrected chi connectivity index (χ1v) is 12.4. The van der Waals surface area contributed by atoms with Gasteiger partial charge in [0.2, 0.25) is 5.91 Å². The highest BCUT2D eigenvalue weighted by atomic mass is 79.9. The van der Waals surface area contributed by atoms with Gasteiger partial charge in [-0.25, -0.2) is 15.2 Å². The standard InChI is InChI=1S/C26H22BrClN4O5/c27-17-7-5-16(6-8-17)15-31-22(25(35)32(26(31)36)19-11-9-18(28)10-12-19)13-14-23(33)29-21-4-2-1-3-20(21)24(34)30-37/h1-12,22,37H,13-15H2,(H,29,33)(H,30,34). The molecule has 0 saturated carbocycles. The van der Waals surface area contributed by atoms with Gasteiger partial charge >= 0.3 is 6.03 Å². The molecule has 1 fully saturated rings. The summed E-state index contributed by atoms with van der Waals surface area (Å²) in [5, 5.41) is 12.1. The average Bonchev–Trinajstić information content (AvgIpc) is 3.13. The van der Waals surface area contributed by atoms with Crippen LogP contribution in [0.3, 0.4) is 0 Å². The van der Waals surface area contributed by atoms with Crippen LogP contribution < -0.4 is 15.7 Å². The Hall–Kier alpha value is -3.73. The molecule has 0 aromatic heterocycles. The minimum absolute atomic E-state index is 0.0609. The van der Waals surface area contributed by atoms with Crippen LogP contribution in [0.15, 0.2) is 77.3 Å². The largest absolute Gasteiger partial charge is 0.332 e. The summed E-state index contributed by atoms with van der Waals surface area (Å²) < 4.78 is 0.881. The molecular weight excluding hydrogens is 564 g/mol. The number of para-hydroxylation sites is 1. The second-order valence-electron chi connectivity index (χ2n) is 8.28. The zero-order valence-electron chi connectivity index (χ0n) is 19.4. The lowest BCUT2D eigenvalue weighted by Gasteiger charge is -2.22. The van der Waals surface area contributed by atoms with Crippen molar-refractivity contribution < 1.29 is 24.4 Å². The summed E-state index contributed by atoms with van der Waals surface area (Å²) in [5.41, 5.74) is 3.04. The maximum absolute atomic E-state index is 13.4. The van der Waals surface area contributed by atoms with Crippen LogP contribution in [0.5, 0.6) is 0 Å². The predicted molar refractivity (Wildman–Crippen MR) is 141 cm³/mol. The summed E-state index contributed by atoms with van der Waals surface area (Å²) in [6.07, 6.45) is -0.0323. The van der Waals surface area contributed by atoms with Gasteiger partial charge in [-0.3, -0.25) is 19.6 Å². The van der Waals surface area contributed by atoms with E-state index in [4.69, 9.17) is 16.8 Å². The molecule has 0 aliphatic carbocycles. The summed E-state index contributed by atoms with van der Waals surface area (Å²) in [7, 11) is 0. The number of nitrogens with one attached hydrogen (secondary N) is 2. The maximum Gasteiger partial charge on any atom is 0.332 e. The highest BCUT2D eigenvalue weighted by Crippen LogP contribution is 2.30. The molecule has 1 aliphatic rings. The van der Waals surface area contributed by atoms with Gasteiger partial charge < -0.3 is 10.2 Å². The number of amides is 5. The number of rotatable bonds is 8. The van der Waals surface area contributed by atoms with Gasteiger partial charge in [0.15, 0.2) is 0 Å². The smallest absolute Gasteiger partial charge is 0.325 e. The Morgan fingerprint density at radius 3 is 2.32 bits per heavy atom. The van der Waals surface area contributed by atoms with Crippen molar-refractivity contribution in [2.45, 2.75) is 25.4 Å². The minimum atomic E-state index is -0.881. The van der Waals surface area contributed by atoms with Gasteiger partial charge in [0.05, 0.1) is 16.9 Å². The summed E-state index contributed by atoms with van der Waals surface area (Å²) in [4.78, 5) is 54.0. The van der Waals surface area contributed by atoms with Gasteiger partial charge in [-0.1, -0.05) is 51.8 Å². The topological polar surface area (TPSA) is 119 Å². The van der Waals surface area contributed by atoms with Crippen LogP contribution in [0.1, 0.15) is 28.8 Å². The molecule has 3 N–H and O–H groups in total. The molecule has 1 heterocycles. The molecule has 3 aromatic carbocycles. The molecule has 190 valence electrons. The highest BCUT2D eigenvalue weighted by molar-refractivity contribution is 9.10. The number of carbonyl (C=O) groups is 4. The monoisotopic (exact) mass is 584 g/mol. The van der Waals surface area contributed by atoms with Crippen LogP contribution >= 0.6 is 27.5 Å². The van der Waals surface area contributed by atoms with Crippen LogP contribution in [-0.4, -0.2) is 39.9 Å². The van der Waals surface area contributed by atoms with Crippen molar-refractivity contribution in [2.75, 3.05) is 10.2 Å². The highest BCUT2D eigenvalue weighted by Gasteiger charge is 2.45. The maximum atomic E-state index is 13.4. The summed E-state index contributed by atoms with van der Waals surface area (Å²) in [6.45, 7) is 0.174. The van der Waals surface area contributed by atoms with Crippen LogP contribution in [0.2, 0.25) is 5.02 Å². The van der Waals surface area contributed by atoms with Crippen molar-refractivity contribution in [3.8, 4) is 0 Å². The molecule has 0 radical (unpaired) electrons. The van der Waals surface area contributed by atoms with Crippen molar-refractivity contribution in [3.05, 3.63) is 93.4 Å². The Kier molecular flexibility index (Phi) is 8.22. The first kappa shape index (κ1) is 26.3. The molecule has 0 bridgehead atoms. The van der Waals surface area contributed by atoms with Crippen LogP contribution in [0.4, 0.5) is 16.2 Å². The zero-order chi connectivity index (χ0) is 26.5. The molecule has 5 amide bonds. The Bertz CT molecular complexity index is 1330. The molecule has 3 aromatic rings. The van der Waals surface area contributed by atoms with Crippen molar-refractivity contribution in [1.29, 1.82) is 0 Å². The third-order valence-electron chi connectivity index (χ3n) is 5.86. The summed E-state index contributed by atoms with van der Waals surface area (Å²) in [6, 6.07) is 18.6. The van der Waals surface area contributed by atoms with E-state index in [1.165, 1.54) is 17.0 Å². The fourth-order valence-corrected chi connectivity index (χ4v) is 4.43. The molecule has 1 atom stereocenters. The van der Waals surface area contributed by atoms with E-state index in [2.05, 4.69) is 21.2 Å². The number of hydrogen-bond acceptors (Lipinski definition) is 5. The first-order valence-electron chi connectivity index (χ1n) is 11.3. The number of carbonyl (C=O) groups excluding carboxylic acids is 4. The number of hydroxylamine groups is 1. The van der Waals surface area contributed by atoms with Gasteiger partial charge in [0.1, 0.15) is 6.04 Å². The van der Waals surface area contributed by atoms with Crippen molar-refractivity contribution in [2.24, 2.45) is 0 Å². The van der Waals surface area contributed by atoms with Gasteiger partial charge in [0, 0.05) is 22.5 Å². The van der Waals surface area contributed by atoms with E-state index in [0.717, 1.165) is 14.9 Å². The fourth-order valence-electron chi connectivity index (χ4n) is 4.04. The first-order chi connectivity index (χ1) is 17.8. The van der Waals surface area contributed by atoms with E-state index in [0.29, 0.717) is 10.7 Å². The van der Waals surface area contributed by atoms with E-state index in [1.54, 1.807) is 41.9 Å². The number of nitrogens with zero attached hydrogens (tertiary/aromatic N) is 2. The second-order valence-corrected chi connectivity index (χ2v) is 9.63. The predicted octanol–water partition coefficient (Wildman–Crippen LogP) is 4.98. The number of benzene rings is 3. The molecular formula is C26H22BrClN4O5. The van der Waals surface area contributed by atoms with Gasteiger partial charge in [0.25, 0.3) is 11.8 Å². The molecule has 1 saturated heterocycles. The van der Waals surface area contributed by atoms with Crippen LogP contribution in [0.25, 0.3) is 0 Å². The number of urea groups is 1. The molecule has 0 spiro atoms. The fraction of sp³-hybridized carbons (Fsp3) is 0.154.